The van der Waals surface area contributed by atoms with E-state index in [-0.39, 0.29) is 17.6 Å². The molecule has 33 heavy (non-hydrogen) atoms. The fraction of sp³-hybridized carbons (Fsp3) is 0.259. The minimum absolute atomic E-state index is 0.235. The lowest BCUT2D eigenvalue weighted by atomic mass is 10.0. The fourth-order valence-electron chi connectivity index (χ4n) is 4.44. The van der Waals surface area contributed by atoms with Gasteiger partial charge in [-0.1, -0.05) is 78.4 Å². The van der Waals surface area contributed by atoms with Crippen LogP contribution in [0.4, 0.5) is 0 Å². The monoisotopic (exact) mass is 461 g/mol. The summed E-state index contributed by atoms with van der Waals surface area (Å²) >= 11 is 0. The molecule has 0 unspecified atom stereocenters. The number of sulfonamides is 1. The summed E-state index contributed by atoms with van der Waals surface area (Å²) in [4.78, 5) is 0.269. The summed E-state index contributed by atoms with van der Waals surface area (Å²) in [6, 6.07) is 26.1. The third kappa shape index (κ3) is 4.10. The first-order valence-corrected chi connectivity index (χ1v) is 12.5. The highest BCUT2D eigenvalue weighted by molar-refractivity contribution is 7.89. The molecule has 0 N–H and O–H groups in total. The first-order valence-electron chi connectivity index (χ1n) is 11.1. The number of aryl methyl sites for hydroxylation is 1. The maximum absolute atomic E-state index is 13.9. The highest BCUT2D eigenvalue weighted by Gasteiger charge is 2.70. The van der Waals surface area contributed by atoms with Crippen LogP contribution in [0, 0.1) is 6.92 Å². The Balaban J connectivity index is 1.50. The van der Waals surface area contributed by atoms with E-state index in [1.54, 1.807) is 12.1 Å². The van der Waals surface area contributed by atoms with Gasteiger partial charge in [0.25, 0.3) is 10.0 Å². The molecule has 3 atom stereocenters. The lowest BCUT2D eigenvalue weighted by Gasteiger charge is -2.31. The predicted octanol–water partition coefficient (Wildman–Crippen LogP) is 4.78. The first kappa shape index (κ1) is 21.9. The molecular formula is C27H27NO4S. The van der Waals surface area contributed by atoms with Gasteiger partial charge in [-0.15, -0.1) is 0 Å². The van der Waals surface area contributed by atoms with Gasteiger partial charge in [-0.05, 0) is 43.2 Å². The van der Waals surface area contributed by atoms with Gasteiger partial charge in [-0.2, -0.15) is 0 Å². The number of hydrogen-bond acceptors (Lipinski definition) is 4. The van der Waals surface area contributed by atoms with Crippen molar-refractivity contribution in [3.05, 3.63) is 107 Å². The molecule has 6 heteroatoms. The quantitative estimate of drug-likeness (QED) is 0.475. The third-order valence-corrected chi connectivity index (χ3v) is 8.23. The zero-order valence-corrected chi connectivity index (χ0v) is 19.5. The number of epoxide rings is 1. The van der Waals surface area contributed by atoms with E-state index < -0.39 is 21.7 Å². The molecule has 5 rings (SSSR count). The third-order valence-electron chi connectivity index (χ3n) is 6.38. The zero-order valence-electron chi connectivity index (χ0n) is 18.7. The number of hydrogen-bond donors (Lipinski definition) is 0. The van der Waals surface area contributed by atoms with Crippen LogP contribution in [0.3, 0.4) is 0 Å². The highest BCUT2D eigenvalue weighted by atomic mass is 32.2. The number of morpholine rings is 1. The van der Waals surface area contributed by atoms with Crippen molar-refractivity contribution in [2.75, 3.05) is 6.61 Å². The van der Waals surface area contributed by atoms with Gasteiger partial charge in [-0.25, -0.2) is 8.42 Å². The molecule has 2 fully saturated rings. The summed E-state index contributed by atoms with van der Waals surface area (Å²) < 4.78 is 41.4. The van der Waals surface area contributed by atoms with Gasteiger partial charge in [0.15, 0.2) is 0 Å². The Morgan fingerprint density at radius 3 is 2.27 bits per heavy atom. The van der Waals surface area contributed by atoms with Gasteiger partial charge in [0.1, 0.15) is 17.7 Å². The maximum atomic E-state index is 13.9. The second-order valence-electron chi connectivity index (χ2n) is 8.79. The Kier molecular flexibility index (Phi) is 5.60. The van der Waals surface area contributed by atoms with Crippen molar-refractivity contribution in [3.63, 3.8) is 0 Å². The van der Waals surface area contributed by atoms with Crippen LogP contribution in [0.15, 0.2) is 95.5 Å². The van der Waals surface area contributed by atoms with E-state index in [0.29, 0.717) is 12.3 Å². The van der Waals surface area contributed by atoms with Crippen molar-refractivity contribution in [2.45, 2.75) is 43.1 Å². The van der Waals surface area contributed by atoms with Crippen LogP contribution >= 0.6 is 0 Å². The highest BCUT2D eigenvalue weighted by Crippen LogP contribution is 2.55. The van der Waals surface area contributed by atoms with Crippen LogP contribution in [-0.2, 0) is 26.1 Å². The number of ether oxygens (including phenoxy) is 2. The van der Waals surface area contributed by atoms with Gasteiger partial charge >= 0.3 is 0 Å². The molecule has 0 aliphatic carbocycles. The molecule has 0 spiro atoms. The number of benzene rings is 3. The lowest BCUT2D eigenvalue weighted by Crippen LogP contribution is -2.45. The minimum Gasteiger partial charge on any atom is -0.374 e. The summed E-state index contributed by atoms with van der Waals surface area (Å²) in [5.41, 5.74) is 3.02. The molecule has 2 saturated heterocycles. The Morgan fingerprint density at radius 1 is 0.970 bits per heavy atom. The topological polar surface area (TPSA) is 59.1 Å². The molecule has 3 aromatic rings. The Bertz CT molecular complexity index is 1260. The minimum atomic E-state index is -3.80. The molecule has 0 saturated carbocycles. The van der Waals surface area contributed by atoms with Crippen LogP contribution in [0.1, 0.15) is 23.6 Å². The molecule has 3 aromatic carbocycles. The first-order chi connectivity index (χ1) is 15.9. The Labute approximate surface area is 195 Å². The SMILES string of the molecule is Cc1ccc(S(=O)(=O)N2/C(=C\c3ccccc3)[C@@H]3O[C@]3(C)[C@H]2COCc2ccccc2)cc1. The van der Waals surface area contributed by atoms with E-state index in [1.807, 2.05) is 92.7 Å². The standard InChI is InChI=1S/C27H27NO4S/c1-20-13-15-23(16-14-20)33(29,30)28-24(17-21-9-5-3-6-10-21)26-27(2,32-26)25(28)19-31-18-22-11-7-4-8-12-22/h3-17,25-26H,18-19H2,1-2H3/b24-17-/t25-,26+,27-/m1/s1. The molecule has 0 bridgehead atoms. The van der Waals surface area contributed by atoms with Gasteiger partial charge in [0.2, 0.25) is 0 Å². The van der Waals surface area contributed by atoms with E-state index in [1.165, 1.54) is 4.31 Å². The summed E-state index contributed by atoms with van der Waals surface area (Å²) in [6.07, 6.45) is 1.63. The summed E-state index contributed by atoms with van der Waals surface area (Å²) in [5.74, 6) is 0. The Hall–Kier alpha value is -2.93. The number of rotatable bonds is 7. The van der Waals surface area contributed by atoms with E-state index in [4.69, 9.17) is 9.47 Å². The van der Waals surface area contributed by atoms with Crippen LogP contribution in [-0.4, -0.2) is 37.1 Å². The van der Waals surface area contributed by atoms with E-state index in [2.05, 4.69) is 0 Å². The molecule has 2 aliphatic rings. The second-order valence-corrected chi connectivity index (χ2v) is 10.6. The van der Waals surface area contributed by atoms with E-state index in [9.17, 15) is 8.42 Å². The average molecular weight is 462 g/mol. The molecule has 2 heterocycles. The fourth-order valence-corrected chi connectivity index (χ4v) is 6.18. The Morgan fingerprint density at radius 2 is 1.61 bits per heavy atom. The molecule has 0 aromatic heterocycles. The van der Waals surface area contributed by atoms with Crippen molar-refractivity contribution in [2.24, 2.45) is 0 Å². The van der Waals surface area contributed by atoms with Gasteiger partial charge in [0.05, 0.1) is 23.8 Å². The van der Waals surface area contributed by atoms with Crippen LogP contribution < -0.4 is 0 Å². The lowest BCUT2D eigenvalue weighted by molar-refractivity contribution is 0.0542. The molecule has 5 nitrogen and oxygen atoms in total. The molecule has 0 radical (unpaired) electrons. The largest absolute Gasteiger partial charge is 0.374 e. The van der Waals surface area contributed by atoms with Crippen molar-refractivity contribution < 1.29 is 17.9 Å². The van der Waals surface area contributed by atoms with E-state index in [0.717, 1.165) is 16.7 Å². The van der Waals surface area contributed by atoms with Crippen LogP contribution in [0.25, 0.3) is 6.08 Å². The van der Waals surface area contributed by atoms with Crippen molar-refractivity contribution in [1.29, 1.82) is 0 Å². The van der Waals surface area contributed by atoms with Crippen molar-refractivity contribution in [3.8, 4) is 0 Å². The van der Waals surface area contributed by atoms with Crippen molar-refractivity contribution >= 4 is 16.1 Å². The normalized spacial score (nSPS) is 25.3. The maximum Gasteiger partial charge on any atom is 0.264 e. The molecular weight excluding hydrogens is 434 g/mol. The van der Waals surface area contributed by atoms with Crippen LogP contribution in [0.5, 0.6) is 0 Å². The summed E-state index contributed by atoms with van der Waals surface area (Å²) in [5, 5.41) is 0. The second kappa shape index (κ2) is 8.45. The van der Waals surface area contributed by atoms with Crippen LogP contribution in [0.2, 0.25) is 0 Å². The zero-order chi connectivity index (χ0) is 23.1. The van der Waals surface area contributed by atoms with Gasteiger partial charge in [0, 0.05) is 0 Å². The predicted molar refractivity (Wildman–Crippen MR) is 128 cm³/mol. The average Bonchev–Trinajstić information content (AvgIpc) is 3.45. The molecule has 2 aliphatic heterocycles. The van der Waals surface area contributed by atoms with Gasteiger partial charge in [-0.3, -0.25) is 4.31 Å². The number of fused-ring (bicyclic) bond motifs is 1. The van der Waals surface area contributed by atoms with E-state index >= 15 is 0 Å². The van der Waals surface area contributed by atoms with Gasteiger partial charge < -0.3 is 9.47 Å². The summed E-state index contributed by atoms with van der Waals surface area (Å²) in [6.45, 7) is 4.56. The smallest absolute Gasteiger partial charge is 0.264 e. The number of nitrogens with zero attached hydrogens (tertiary/aromatic N) is 1. The molecule has 170 valence electrons. The summed E-state index contributed by atoms with van der Waals surface area (Å²) in [7, 11) is -3.80. The van der Waals surface area contributed by atoms with Crippen molar-refractivity contribution in [1.82, 2.24) is 4.31 Å². The molecule has 0 amide bonds.